The number of ketones is 1. The van der Waals surface area contributed by atoms with Gasteiger partial charge in [0, 0.05) is 102 Å². The minimum Gasteiger partial charge on any atom is -0.748 e. The highest BCUT2D eigenvalue weighted by atomic mass is 32.2. The van der Waals surface area contributed by atoms with Crippen LogP contribution in [0, 0.1) is 5.92 Å². The zero-order valence-corrected chi connectivity index (χ0v) is 71.4. The molecule has 1 saturated heterocycles. The lowest BCUT2D eigenvalue weighted by Gasteiger charge is -2.27. The molecule has 40 nitrogen and oxygen atoms in total. The molecule has 2 amide bonds. The number of nitrogens with one attached hydrogen (secondary N) is 2. The van der Waals surface area contributed by atoms with Crippen molar-refractivity contribution in [2.45, 2.75) is 182 Å². The fourth-order valence-electron chi connectivity index (χ4n) is 14.2. The number of fused-ring (bicyclic) bond motifs is 6. The topological polar surface area (TPSA) is 641 Å². The van der Waals surface area contributed by atoms with Gasteiger partial charge in [-0.15, -0.1) is 25.3 Å². The van der Waals surface area contributed by atoms with E-state index in [1.165, 1.54) is 30.5 Å². The quantitative estimate of drug-likeness (QED) is 0.00700. The molecule has 48 heteroatoms. The van der Waals surface area contributed by atoms with E-state index < -0.39 is 141 Å². The van der Waals surface area contributed by atoms with Gasteiger partial charge in [0.05, 0.1) is 40.9 Å². The number of hydrogen-bond donors (Lipinski definition) is 11. The van der Waals surface area contributed by atoms with E-state index in [1.54, 1.807) is 48.6 Å². The van der Waals surface area contributed by atoms with Gasteiger partial charge in [-0.05, 0) is 137 Å². The summed E-state index contributed by atoms with van der Waals surface area (Å²) >= 11 is 0. The SMILES string of the molecule is CC1(C)C(/C=C/C=C/C=C2/N(CCCCCC(=O)NC(CCCCN)C(=O)CC(CCCCN)C(=O)NCCCCCCOP(=O)(O)OP(=O)(O)OP(=O)(O)OC[C@H]3O[C@@H](n4ccc(N)nc4=O)C[C@H]3O)c3ccc4c(S(=O)(=O)O)cccc4c3C2(C)C)=[N+](CCCS(=O)(=O)[O-])c2ccc3c(S(=O)(=O)O)cccc3c21.O=S(=O)=O.O=S(=O)=O. The number of allylic oxidation sites excluding steroid dienone is 6. The van der Waals surface area contributed by atoms with Crippen LogP contribution in [-0.2, 0) is 113 Å². The molecule has 1 aromatic heterocycles. The number of unbranched alkanes of at least 4 members (excludes halogenated alkanes) is 7. The van der Waals surface area contributed by atoms with Crippen molar-refractivity contribution in [1.82, 2.24) is 20.2 Å². The molecular weight excluding hydrogens is 1720 g/mol. The summed E-state index contributed by atoms with van der Waals surface area (Å²) in [5.74, 6) is -2.55. The van der Waals surface area contributed by atoms with Crippen LogP contribution in [0.15, 0.2) is 124 Å². The minimum absolute atomic E-state index is 0.0124. The van der Waals surface area contributed by atoms with Crippen molar-refractivity contribution in [1.29, 1.82) is 0 Å². The van der Waals surface area contributed by atoms with Gasteiger partial charge in [-0.1, -0.05) is 88.1 Å². The van der Waals surface area contributed by atoms with Crippen LogP contribution in [0.5, 0.6) is 0 Å². The van der Waals surface area contributed by atoms with Crippen LogP contribution >= 0.6 is 23.5 Å². The van der Waals surface area contributed by atoms with E-state index in [0.29, 0.717) is 123 Å². The average Bonchev–Trinajstić information content (AvgIpc) is 1.57. The second-order valence-electron chi connectivity index (χ2n) is 28.6. The Balaban J connectivity index is 0.00000258. The van der Waals surface area contributed by atoms with E-state index in [9.17, 15) is 91.6 Å². The van der Waals surface area contributed by atoms with Crippen LogP contribution in [0.4, 0.5) is 17.2 Å². The number of phosphoric ester groups is 2. The molecule has 5 aromatic rings. The lowest BCUT2D eigenvalue weighted by molar-refractivity contribution is -0.437. The predicted molar refractivity (Wildman–Crippen MR) is 427 cm³/mol. The Bertz CT molecular complexity index is 5380. The van der Waals surface area contributed by atoms with Crippen LogP contribution < -0.4 is 38.4 Å². The van der Waals surface area contributed by atoms with Crippen molar-refractivity contribution in [3.63, 3.8) is 0 Å². The molecule has 3 aliphatic rings. The predicted octanol–water partition coefficient (Wildman–Crippen LogP) is 5.99. The molecule has 14 N–H and O–H groups in total. The molecule has 4 aromatic carbocycles. The number of nitrogen functional groups attached to an aromatic ring is 1. The standard InChI is InChI=1S/C70H98N9O25P3S3.2O3S/c1-69(2)60(28-9-7-10-29-61-70(3,4)66-51-24-20-27-59(110(97,98)99)49(51)32-34-54(66)78(61)40-21-43-108(91,92)93)77(53-33-31-48-50(65(53)69)23-19-26-58(48)109(94,95)96)39-17-8-11-30-63(82)75-52(25-13-15-37-72)55(80)44-47(22-12-14-36-71)67(83)74-38-16-5-6-18-42-100-105(85,86)103-107(89,90)104-106(87,88)101-46-57-56(81)45-64(102-57)79-41-35-62(73)76-68(79)84;2*1-4(2)3/h7,9-10,19-20,23-24,26-29,31-35,41,47,52,56-57,64,81H,5-6,8,11-18,21-22,25,30,36-40,42-46,71-72H2,1-4H3,(H9-,73,74,75,76,82,83,84,85,86,87,88,89,90,91,92,93,94,95,96,97,98,99);;/t47?,52?,56-,57-,64-;;/m1../s1. The molecule has 5 unspecified atom stereocenters. The van der Waals surface area contributed by atoms with E-state index in [4.69, 9.17) is 51.7 Å². The largest absolute Gasteiger partial charge is 0.748 e. The van der Waals surface area contributed by atoms with Gasteiger partial charge in [0.15, 0.2) is 11.5 Å². The fraction of sp³-hybridized carbons (Fsp3) is 0.514. The molecule has 0 radical (unpaired) electrons. The van der Waals surface area contributed by atoms with Gasteiger partial charge in [0.2, 0.25) is 17.5 Å². The highest BCUT2D eigenvalue weighted by molar-refractivity contribution is 7.86. The Hall–Kier alpha value is -7.40. The first-order valence-electron chi connectivity index (χ1n) is 37.0. The molecule has 1 fully saturated rings. The number of hydrogen-bond acceptors (Lipinski definition) is 31. The lowest BCUT2D eigenvalue weighted by atomic mass is 9.79. The highest BCUT2D eigenvalue weighted by Crippen LogP contribution is 2.68. The Morgan fingerprint density at radius 2 is 1.29 bits per heavy atom. The molecule has 0 saturated carbocycles. The van der Waals surface area contributed by atoms with Crippen molar-refractivity contribution in [2.75, 3.05) is 62.3 Å². The number of aliphatic hydroxyl groups excluding tert-OH is 1. The summed E-state index contributed by atoms with van der Waals surface area (Å²) in [6, 6.07) is 16.4. The number of aliphatic hydroxyl groups is 1. The van der Waals surface area contributed by atoms with E-state index in [-0.39, 0.29) is 84.8 Å². The number of benzene rings is 4. The summed E-state index contributed by atoms with van der Waals surface area (Å²) in [5.41, 5.74) is 19.2. The third-order valence-corrected chi connectivity index (χ3v) is 26.2. The number of Topliss-reactive ketones (excluding diaryl/α,β-unsaturated/α-hetero) is 1. The van der Waals surface area contributed by atoms with Gasteiger partial charge in [-0.3, -0.25) is 37.1 Å². The molecule has 4 heterocycles. The van der Waals surface area contributed by atoms with Crippen molar-refractivity contribution >= 4 is 137 Å². The molecule has 3 aliphatic heterocycles. The summed E-state index contributed by atoms with van der Waals surface area (Å²) in [6.45, 7) is 7.92. The van der Waals surface area contributed by atoms with E-state index in [0.717, 1.165) is 27.1 Å². The maximum atomic E-state index is 14.2. The third kappa shape index (κ3) is 29.5. The number of nitrogens with two attached hydrogens (primary N) is 3. The number of amides is 2. The van der Waals surface area contributed by atoms with Gasteiger partial charge < -0.3 is 61.8 Å². The third-order valence-electron chi connectivity index (χ3n) is 19.3. The van der Waals surface area contributed by atoms with Gasteiger partial charge >= 0.3 is 50.4 Å². The normalized spacial score (nSPS) is 18.8. The number of ether oxygens (including phenoxy) is 1. The van der Waals surface area contributed by atoms with Gasteiger partial charge in [0.25, 0.3) is 20.2 Å². The van der Waals surface area contributed by atoms with Gasteiger partial charge in [0.1, 0.15) is 34.5 Å². The molecule has 8 atom stereocenters. The van der Waals surface area contributed by atoms with Crippen LogP contribution in [0.1, 0.15) is 154 Å². The van der Waals surface area contributed by atoms with Crippen LogP contribution in [-0.4, -0.2) is 191 Å². The first kappa shape index (κ1) is 99.4. The molecule has 0 bridgehead atoms. The monoisotopic (exact) mass is 1810 g/mol. The number of anilines is 2. The number of aromatic nitrogens is 2. The summed E-state index contributed by atoms with van der Waals surface area (Å²) in [6.07, 6.45) is 12.1. The molecular formula is C70H98N9O31P3S5. The molecule has 654 valence electrons. The maximum absolute atomic E-state index is 14.2. The maximum Gasteiger partial charge on any atom is 0.490 e. The summed E-state index contributed by atoms with van der Waals surface area (Å²) in [7, 11) is -36.8. The van der Waals surface area contributed by atoms with Crippen LogP contribution in [0.2, 0.25) is 0 Å². The van der Waals surface area contributed by atoms with Crippen molar-refractivity contribution in [3.8, 4) is 0 Å². The molecule has 118 heavy (non-hydrogen) atoms. The summed E-state index contributed by atoms with van der Waals surface area (Å²) in [5, 5.41) is 18.0. The number of carbonyl (C=O) groups excluding carboxylic acids is 3. The zero-order chi connectivity index (χ0) is 87.9. The van der Waals surface area contributed by atoms with Gasteiger partial charge in [-0.25, -0.2) is 26.9 Å². The lowest BCUT2D eigenvalue weighted by Crippen LogP contribution is -2.43. The van der Waals surface area contributed by atoms with Crippen molar-refractivity contribution in [2.24, 2.45) is 17.4 Å². The van der Waals surface area contributed by atoms with Crippen LogP contribution in [0.25, 0.3) is 21.5 Å². The van der Waals surface area contributed by atoms with Gasteiger partial charge in [-0.2, -0.15) is 35.0 Å². The number of phosphoric acid groups is 3. The molecule has 0 aliphatic carbocycles. The second kappa shape index (κ2) is 43.9. The zero-order valence-electron chi connectivity index (χ0n) is 64.7. The molecule has 0 spiro atoms. The van der Waals surface area contributed by atoms with Crippen LogP contribution in [0.3, 0.4) is 0 Å². The van der Waals surface area contributed by atoms with Crippen molar-refractivity contribution in [3.05, 3.63) is 131 Å². The number of nitrogens with zero attached hydrogens (tertiary/aromatic N) is 4. The number of rotatable bonds is 44. The van der Waals surface area contributed by atoms with Crippen molar-refractivity contribution < 1.29 is 139 Å². The Kier molecular flexibility index (Phi) is 37.0. The average molecular weight is 1810 g/mol. The number of carbonyl (C=O) groups is 3. The second-order valence-corrected chi connectivity index (χ2v) is 38.3. The summed E-state index contributed by atoms with van der Waals surface area (Å²) in [4.78, 5) is 89.3. The van der Waals surface area contributed by atoms with E-state index >= 15 is 0 Å². The Labute approximate surface area is 684 Å². The first-order valence-corrected chi connectivity index (χ1v) is 47.9. The highest BCUT2D eigenvalue weighted by Gasteiger charge is 2.48. The first-order chi connectivity index (χ1) is 55.1. The minimum atomic E-state index is -5.84. The Morgan fingerprint density at radius 1 is 0.712 bits per heavy atom. The fourth-order valence-corrected chi connectivity index (χ4v) is 19.7. The van der Waals surface area contributed by atoms with E-state index in [2.05, 4.69) is 33.7 Å². The Morgan fingerprint density at radius 3 is 1.88 bits per heavy atom. The van der Waals surface area contributed by atoms with E-state index in [1.807, 2.05) is 56.6 Å². The smallest absolute Gasteiger partial charge is 0.490 e. The summed E-state index contributed by atoms with van der Waals surface area (Å²) < 4.78 is 221. The molecule has 8 rings (SSSR count).